The molecule has 0 aliphatic rings. The summed E-state index contributed by atoms with van der Waals surface area (Å²) in [5, 5.41) is 5.25. The fraction of sp³-hybridized carbons (Fsp3) is 0.304. The van der Waals surface area contributed by atoms with E-state index in [0.717, 1.165) is 23.8 Å². The molecule has 0 aliphatic carbocycles. The van der Waals surface area contributed by atoms with Crippen LogP contribution in [0.15, 0.2) is 48.7 Å². The number of aromatic nitrogens is 1. The number of rotatable bonds is 10. The van der Waals surface area contributed by atoms with Crippen molar-refractivity contribution >= 4 is 23.6 Å². The van der Waals surface area contributed by atoms with E-state index in [9.17, 15) is 23.2 Å². The summed E-state index contributed by atoms with van der Waals surface area (Å²) in [5.41, 5.74) is 0.998. The number of amides is 2. The van der Waals surface area contributed by atoms with Gasteiger partial charge in [-0.1, -0.05) is 25.5 Å². The predicted octanol–water partition coefficient (Wildman–Crippen LogP) is 3.10. The number of carbonyl (C=O) groups is 3. The number of methoxy groups -OCH3 is 1. The Labute approximate surface area is 184 Å². The molecular weight excluding hydrogens is 420 g/mol. The lowest BCUT2D eigenvalue weighted by Crippen LogP contribution is -2.44. The number of ether oxygens (including phenoxy) is 1. The smallest absolute Gasteiger partial charge is 0.330 e. The molecule has 2 rings (SSSR count). The molecule has 9 heteroatoms. The topological polar surface area (TPSA) is 97.4 Å². The standard InChI is InChI=1S/C23H25F2N3O4/c1-3-5-19(27-21(29)12-16-10-17(24)13-18(25)11-16)23(31)28-20-9-8-15(14-26-20)6-4-7-22(30)32-2/h4,7-11,13-14,19H,3,5-6,12H2,1-2H3,(H,27,29)(H,26,28,31)/b7-4+. The first-order valence-electron chi connectivity index (χ1n) is 10.0. The normalized spacial score (nSPS) is 11.8. The van der Waals surface area contributed by atoms with Crippen molar-refractivity contribution in [3.8, 4) is 0 Å². The monoisotopic (exact) mass is 445 g/mol. The van der Waals surface area contributed by atoms with E-state index in [1.54, 1.807) is 24.4 Å². The number of anilines is 1. The van der Waals surface area contributed by atoms with Crippen LogP contribution in [0.5, 0.6) is 0 Å². The molecule has 1 atom stereocenters. The summed E-state index contributed by atoms with van der Waals surface area (Å²) in [6, 6.07) is 5.40. The van der Waals surface area contributed by atoms with Gasteiger partial charge in [-0.05, 0) is 42.2 Å². The van der Waals surface area contributed by atoms with E-state index in [2.05, 4.69) is 20.4 Å². The third-order valence-corrected chi connectivity index (χ3v) is 4.40. The van der Waals surface area contributed by atoms with Gasteiger partial charge in [0.1, 0.15) is 23.5 Å². The van der Waals surface area contributed by atoms with E-state index in [4.69, 9.17) is 0 Å². The maximum absolute atomic E-state index is 13.3. The van der Waals surface area contributed by atoms with Gasteiger partial charge in [0.15, 0.2) is 0 Å². The molecule has 2 aromatic rings. The van der Waals surface area contributed by atoms with Crippen molar-refractivity contribution < 1.29 is 27.9 Å². The third-order valence-electron chi connectivity index (χ3n) is 4.40. The minimum atomic E-state index is -0.824. The van der Waals surface area contributed by atoms with Crippen LogP contribution in [0.1, 0.15) is 30.9 Å². The van der Waals surface area contributed by atoms with Crippen molar-refractivity contribution in [2.75, 3.05) is 12.4 Å². The molecule has 0 bridgehead atoms. The summed E-state index contributed by atoms with van der Waals surface area (Å²) in [4.78, 5) is 40.2. The fourth-order valence-corrected chi connectivity index (χ4v) is 2.89. The van der Waals surface area contributed by atoms with Gasteiger partial charge < -0.3 is 15.4 Å². The first-order chi connectivity index (χ1) is 15.3. The molecule has 2 amide bonds. The highest BCUT2D eigenvalue weighted by molar-refractivity contribution is 5.96. The van der Waals surface area contributed by atoms with Crippen molar-refractivity contribution in [2.24, 2.45) is 0 Å². The zero-order valence-electron chi connectivity index (χ0n) is 17.9. The number of hydrogen-bond donors (Lipinski definition) is 2. The number of pyridine rings is 1. The van der Waals surface area contributed by atoms with E-state index >= 15 is 0 Å². The minimum Gasteiger partial charge on any atom is -0.466 e. The Bertz CT molecular complexity index is 957. The van der Waals surface area contributed by atoms with Crippen molar-refractivity contribution in [2.45, 2.75) is 38.6 Å². The molecule has 170 valence electrons. The number of halogens is 2. The van der Waals surface area contributed by atoms with Gasteiger partial charge in [-0.2, -0.15) is 0 Å². The second-order valence-corrected chi connectivity index (χ2v) is 7.03. The molecule has 0 spiro atoms. The Balaban J connectivity index is 1.95. The van der Waals surface area contributed by atoms with Crippen LogP contribution in [-0.4, -0.2) is 35.9 Å². The number of benzene rings is 1. The first-order valence-corrected chi connectivity index (χ1v) is 10.0. The van der Waals surface area contributed by atoms with Crippen LogP contribution in [0.2, 0.25) is 0 Å². The summed E-state index contributed by atoms with van der Waals surface area (Å²) in [7, 11) is 1.29. The third kappa shape index (κ3) is 8.25. The van der Waals surface area contributed by atoms with E-state index < -0.39 is 35.5 Å². The van der Waals surface area contributed by atoms with Gasteiger partial charge in [-0.3, -0.25) is 9.59 Å². The van der Waals surface area contributed by atoms with Gasteiger partial charge in [0.05, 0.1) is 13.5 Å². The van der Waals surface area contributed by atoms with Crippen molar-refractivity contribution in [3.05, 3.63) is 71.4 Å². The summed E-state index contributed by atoms with van der Waals surface area (Å²) >= 11 is 0. The van der Waals surface area contributed by atoms with Gasteiger partial charge in [0.2, 0.25) is 11.8 Å². The molecule has 7 nitrogen and oxygen atoms in total. The number of nitrogens with zero attached hydrogens (tertiary/aromatic N) is 1. The van der Waals surface area contributed by atoms with E-state index in [0.29, 0.717) is 25.1 Å². The summed E-state index contributed by atoms with van der Waals surface area (Å²) in [6.07, 6.45) is 5.73. The second-order valence-electron chi connectivity index (χ2n) is 7.03. The molecule has 0 radical (unpaired) electrons. The number of carbonyl (C=O) groups excluding carboxylic acids is 3. The maximum Gasteiger partial charge on any atom is 0.330 e. The lowest BCUT2D eigenvalue weighted by Gasteiger charge is -2.18. The average Bonchev–Trinajstić information content (AvgIpc) is 2.73. The maximum atomic E-state index is 13.3. The summed E-state index contributed by atoms with van der Waals surface area (Å²) < 4.78 is 31.1. The Morgan fingerprint density at radius 3 is 2.44 bits per heavy atom. The molecule has 1 aromatic carbocycles. The van der Waals surface area contributed by atoms with Crippen LogP contribution in [-0.2, 0) is 32.0 Å². The van der Waals surface area contributed by atoms with Crippen molar-refractivity contribution in [1.82, 2.24) is 10.3 Å². The zero-order chi connectivity index (χ0) is 23.5. The fourth-order valence-electron chi connectivity index (χ4n) is 2.89. The predicted molar refractivity (Wildman–Crippen MR) is 115 cm³/mol. The average molecular weight is 445 g/mol. The first kappa shape index (κ1) is 24.6. The van der Waals surface area contributed by atoms with Crippen LogP contribution < -0.4 is 10.6 Å². The highest BCUT2D eigenvalue weighted by atomic mass is 19.1. The quantitative estimate of drug-likeness (QED) is 0.433. The second kappa shape index (κ2) is 12.3. The molecule has 0 saturated carbocycles. The molecular formula is C23H25F2N3O4. The summed E-state index contributed by atoms with van der Waals surface area (Å²) in [5.74, 6) is -2.66. The van der Waals surface area contributed by atoms with Gasteiger partial charge in [-0.15, -0.1) is 0 Å². The van der Waals surface area contributed by atoms with Crippen molar-refractivity contribution in [3.63, 3.8) is 0 Å². The Morgan fingerprint density at radius 2 is 1.84 bits per heavy atom. The highest BCUT2D eigenvalue weighted by Crippen LogP contribution is 2.11. The summed E-state index contributed by atoms with van der Waals surface area (Å²) in [6.45, 7) is 1.86. The lowest BCUT2D eigenvalue weighted by molar-refractivity contribution is -0.134. The molecule has 2 N–H and O–H groups in total. The lowest BCUT2D eigenvalue weighted by atomic mass is 10.1. The van der Waals surface area contributed by atoms with Crippen LogP contribution >= 0.6 is 0 Å². The van der Waals surface area contributed by atoms with Gasteiger partial charge in [-0.25, -0.2) is 18.6 Å². The minimum absolute atomic E-state index is 0.175. The van der Waals surface area contributed by atoms with Crippen LogP contribution in [0.3, 0.4) is 0 Å². The zero-order valence-corrected chi connectivity index (χ0v) is 17.9. The Morgan fingerprint density at radius 1 is 1.12 bits per heavy atom. The molecule has 0 saturated heterocycles. The van der Waals surface area contributed by atoms with Gasteiger partial charge in [0, 0.05) is 18.3 Å². The molecule has 1 aromatic heterocycles. The SMILES string of the molecule is CCCC(NC(=O)Cc1cc(F)cc(F)c1)C(=O)Nc1ccc(C/C=C/C(=O)OC)cn1. The molecule has 1 unspecified atom stereocenters. The molecule has 1 heterocycles. The van der Waals surface area contributed by atoms with Crippen molar-refractivity contribution in [1.29, 1.82) is 0 Å². The number of nitrogens with one attached hydrogen (secondary N) is 2. The molecule has 0 aliphatic heterocycles. The Hall–Kier alpha value is -3.62. The van der Waals surface area contributed by atoms with Gasteiger partial charge >= 0.3 is 5.97 Å². The largest absolute Gasteiger partial charge is 0.466 e. The number of esters is 1. The van der Waals surface area contributed by atoms with E-state index in [1.165, 1.54) is 13.2 Å². The molecule has 0 fully saturated rings. The Kier molecular flexibility index (Phi) is 9.46. The van der Waals surface area contributed by atoms with Gasteiger partial charge in [0.25, 0.3) is 0 Å². The van der Waals surface area contributed by atoms with Crippen LogP contribution in [0.4, 0.5) is 14.6 Å². The highest BCUT2D eigenvalue weighted by Gasteiger charge is 2.20. The van der Waals surface area contributed by atoms with Crippen LogP contribution in [0, 0.1) is 11.6 Å². The van der Waals surface area contributed by atoms with Crippen LogP contribution in [0.25, 0.3) is 0 Å². The number of allylic oxidation sites excluding steroid dienone is 1. The van der Waals surface area contributed by atoms with E-state index in [1.807, 2.05) is 6.92 Å². The number of hydrogen-bond acceptors (Lipinski definition) is 5. The van der Waals surface area contributed by atoms with E-state index in [-0.39, 0.29) is 12.0 Å². The molecule has 32 heavy (non-hydrogen) atoms.